The maximum absolute atomic E-state index is 5.75. The highest BCUT2D eigenvalue weighted by Crippen LogP contribution is 2.41. The zero-order valence-electron chi connectivity index (χ0n) is 18.5. The van der Waals surface area contributed by atoms with Gasteiger partial charge in [-0.1, -0.05) is 27.4 Å². The van der Waals surface area contributed by atoms with Gasteiger partial charge in [-0.05, 0) is 109 Å². The summed E-state index contributed by atoms with van der Waals surface area (Å²) in [5, 5.41) is 9.50. The van der Waals surface area contributed by atoms with E-state index in [2.05, 4.69) is 39.6 Å². The van der Waals surface area contributed by atoms with Crippen LogP contribution < -0.4 is 16.2 Å². The van der Waals surface area contributed by atoms with E-state index in [4.69, 9.17) is 15.3 Å². The van der Waals surface area contributed by atoms with E-state index >= 15 is 0 Å². The monoisotopic (exact) mass is 413 g/mol. The first-order chi connectivity index (χ1) is 13.6. The normalized spacial score (nSPS) is 14.8. The van der Waals surface area contributed by atoms with Crippen molar-refractivity contribution in [1.82, 2.24) is 0 Å². The van der Waals surface area contributed by atoms with Crippen molar-refractivity contribution >= 4 is 17.6 Å². The van der Waals surface area contributed by atoms with E-state index in [1.807, 2.05) is 13.0 Å². The zero-order valence-corrected chi connectivity index (χ0v) is 19.3. The van der Waals surface area contributed by atoms with Crippen molar-refractivity contribution in [1.29, 1.82) is 0 Å². The number of hydrogen-bond donors (Lipinski definition) is 3. The molecule has 158 valence electrons. The van der Waals surface area contributed by atoms with Crippen molar-refractivity contribution in [3.8, 4) is 0 Å². The van der Waals surface area contributed by atoms with Crippen molar-refractivity contribution in [2.75, 3.05) is 5.32 Å². The number of benzene rings is 1. The Morgan fingerprint density at radius 1 is 1.03 bits per heavy atom. The standard InChI is InChI=1S/C15H20N2.C9H15NOS/c1-9-11-5-3-7-13(11)15(17-10(2)16)14-8-4-6-12(9)14;1-6-7(9(2,3)4)5-8(11-6)12-10/h17H,2-8,16H2,1H3;5H,10H2,1-4H3. The second kappa shape index (κ2) is 8.49. The van der Waals surface area contributed by atoms with Crippen LogP contribution in [-0.4, -0.2) is 0 Å². The molecule has 29 heavy (non-hydrogen) atoms. The van der Waals surface area contributed by atoms with Crippen LogP contribution in [0.5, 0.6) is 0 Å². The van der Waals surface area contributed by atoms with Crippen molar-refractivity contribution in [2.24, 2.45) is 10.9 Å². The third-order valence-corrected chi connectivity index (χ3v) is 6.48. The molecule has 2 aliphatic carbocycles. The van der Waals surface area contributed by atoms with Gasteiger partial charge in [0.2, 0.25) is 0 Å². The Kier molecular flexibility index (Phi) is 6.39. The molecule has 2 aliphatic rings. The van der Waals surface area contributed by atoms with Crippen LogP contribution in [0.4, 0.5) is 5.69 Å². The average Bonchev–Trinajstić information content (AvgIpc) is 3.37. The van der Waals surface area contributed by atoms with Crippen LogP contribution in [0.15, 0.2) is 28.0 Å². The molecule has 4 rings (SSSR count). The van der Waals surface area contributed by atoms with Crippen LogP contribution in [0.25, 0.3) is 0 Å². The molecule has 0 radical (unpaired) electrons. The van der Waals surface area contributed by atoms with Gasteiger partial charge in [0.15, 0.2) is 5.09 Å². The number of nitrogens with one attached hydrogen (secondary N) is 1. The topological polar surface area (TPSA) is 77.2 Å². The van der Waals surface area contributed by atoms with Gasteiger partial charge in [0, 0.05) is 5.69 Å². The van der Waals surface area contributed by atoms with Gasteiger partial charge in [0.05, 0.1) is 5.82 Å². The quantitative estimate of drug-likeness (QED) is 0.566. The molecule has 5 heteroatoms. The molecule has 0 unspecified atom stereocenters. The number of rotatable bonds is 3. The predicted molar refractivity (Wildman–Crippen MR) is 124 cm³/mol. The van der Waals surface area contributed by atoms with Crippen LogP contribution in [0.3, 0.4) is 0 Å². The number of nitrogens with two attached hydrogens (primary N) is 2. The van der Waals surface area contributed by atoms with Crippen molar-refractivity contribution in [3.05, 3.63) is 57.6 Å². The lowest BCUT2D eigenvalue weighted by Gasteiger charge is -2.19. The number of furan rings is 1. The molecule has 0 saturated carbocycles. The molecule has 0 fully saturated rings. The highest BCUT2D eigenvalue weighted by molar-refractivity contribution is 7.96. The Morgan fingerprint density at radius 3 is 1.93 bits per heavy atom. The summed E-state index contributed by atoms with van der Waals surface area (Å²) >= 11 is 1.15. The van der Waals surface area contributed by atoms with Crippen molar-refractivity contribution in [3.63, 3.8) is 0 Å². The number of aryl methyl sites for hydroxylation is 1. The first kappa shape index (κ1) is 21.8. The average molecular weight is 414 g/mol. The first-order valence-electron chi connectivity index (χ1n) is 10.5. The van der Waals surface area contributed by atoms with E-state index in [0.717, 1.165) is 22.8 Å². The minimum absolute atomic E-state index is 0.140. The summed E-state index contributed by atoms with van der Waals surface area (Å²) in [6.45, 7) is 14.6. The lowest BCUT2D eigenvalue weighted by Crippen LogP contribution is -2.12. The van der Waals surface area contributed by atoms with Gasteiger partial charge < -0.3 is 15.5 Å². The van der Waals surface area contributed by atoms with Crippen molar-refractivity contribution < 1.29 is 4.42 Å². The minimum atomic E-state index is 0.140. The van der Waals surface area contributed by atoms with Gasteiger partial charge in [-0.25, -0.2) is 0 Å². The van der Waals surface area contributed by atoms with Gasteiger partial charge in [-0.3, -0.25) is 5.14 Å². The highest BCUT2D eigenvalue weighted by atomic mass is 32.2. The summed E-state index contributed by atoms with van der Waals surface area (Å²) < 4.78 is 5.43. The van der Waals surface area contributed by atoms with E-state index in [9.17, 15) is 0 Å². The Hall–Kier alpha value is -1.85. The fourth-order valence-corrected chi connectivity index (χ4v) is 5.16. The van der Waals surface area contributed by atoms with Crippen LogP contribution in [-0.2, 0) is 31.1 Å². The summed E-state index contributed by atoms with van der Waals surface area (Å²) in [4.78, 5) is 0. The fourth-order valence-electron chi connectivity index (χ4n) is 4.80. The Labute approximate surface area is 179 Å². The molecule has 1 aromatic carbocycles. The molecule has 0 aliphatic heterocycles. The molecule has 5 N–H and O–H groups in total. The Morgan fingerprint density at radius 2 is 1.55 bits per heavy atom. The molecule has 0 amide bonds. The van der Waals surface area contributed by atoms with Crippen LogP contribution in [0, 0.1) is 13.8 Å². The summed E-state index contributed by atoms with van der Waals surface area (Å²) in [6, 6.07) is 2.01. The zero-order chi connectivity index (χ0) is 21.3. The largest absolute Gasteiger partial charge is 0.454 e. The molecule has 1 heterocycles. The smallest absolute Gasteiger partial charge is 0.175 e. The summed E-state index contributed by atoms with van der Waals surface area (Å²) in [7, 11) is 0. The molecule has 0 bridgehead atoms. The Bertz CT molecular complexity index is 886. The van der Waals surface area contributed by atoms with E-state index in [0.29, 0.717) is 5.82 Å². The fraction of sp³-hybridized carbons (Fsp3) is 0.500. The Balaban J connectivity index is 0.000000177. The molecule has 4 nitrogen and oxygen atoms in total. The van der Waals surface area contributed by atoms with Gasteiger partial charge in [0.25, 0.3) is 0 Å². The van der Waals surface area contributed by atoms with E-state index < -0.39 is 0 Å². The van der Waals surface area contributed by atoms with E-state index in [-0.39, 0.29) is 5.41 Å². The molecular weight excluding hydrogens is 378 g/mol. The number of hydrogen-bond acceptors (Lipinski definition) is 5. The first-order valence-corrected chi connectivity index (χ1v) is 11.4. The van der Waals surface area contributed by atoms with Gasteiger partial charge in [-0.2, -0.15) is 0 Å². The second-order valence-electron chi connectivity index (χ2n) is 9.17. The van der Waals surface area contributed by atoms with Gasteiger partial charge in [-0.15, -0.1) is 0 Å². The van der Waals surface area contributed by atoms with E-state index in [1.54, 1.807) is 16.7 Å². The third-order valence-electron chi connectivity index (χ3n) is 6.05. The van der Waals surface area contributed by atoms with Crippen molar-refractivity contribution in [2.45, 2.75) is 83.7 Å². The summed E-state index contributed by atoms with van der Waals surface area (Å²) in [5.74, 6) is 1.53. The van der Waals surface area contributed by atoms with Crippen LogP contribution in [0.2, 0.25) is 0 Å². The molecular formula is C24H35N3OS. The summed E-state index contributed by atoms with van der Waals surface area (Å²) in [5.41, 5.74) is 16.1. The second-order valence-corrected chi connectivity index (χ2v) is 9.81. The highest BCUT2D eigenvalue weighted by Gasteiger charge is 2.26. The van der Waals surface area contributed by atoms with Crippen LogP contribution >= 0.6 is 11.9 Å². The summed E-state index contributed by atoms with van der Waals surface area (Å²) in [6.07, 6.45) is 7.42. The maximum atomic E-state index is 5.75. The number of anilines is 1. The van der Waals surface area contributed by atoms with Crippen LogP contribution in [0.1, 0.15) is 72.8 Å². The molecule has 2 aromatic rings. The third kappa shape index (κ3) is 4.51. The SMILES string of the molecule is C=C(N)Nc1c2c(c(C)c3c1CCC3)CCC2.Cc1oc(SN)cc1C(C)(C)C. The lowest BCUT2D eigenvalue weighted by molar-refractivity contribution is 0.440. The van der Waals surface area contributed by atoms with Gasteiger partial charge >= 0.3 is 0 Å². The molecule has 0 spiro atoms. The number of fused-ring (bicyclic) bond motifs is 2. The molecule has 1 aromatic heterocycles. The minimum Gasteiger partial charge on any atom is -0.454 e. The lowest BCUT2D eigenvalue weighted by atomic mass is 9.87. The van der Waals surface area contributed by atoms with E-state index in [1.165, 1.54) is 60.9 Å². The predicted octanol–water partition coefficient (Wildman–Crippen LogP) is 5.67. The molecule has 0 atom stereocenters. The van der Waals surface area contributed by atoms with Gasteiger partial charge in [0.1, 0.15) is 5.76 Å². The molecule has 0 saturated heterocycles. The maximum Gasteiger partial charge on any atom is 0.175 e.